The molecule has 1 aromatic carbocycles. The second-order valence-electron chi connectivity index (χ2n) is 3.13. The lowest BCUT2D eigenvalue weighted by Gasteiger charge is -2.01. The summed E-state index contributed by atoms with van der Waals surface area (Å²) in [6.45, 7) is 2.02. The predicted octanol–water partition coefficient (Wildman–Crippen LogP) is 1.98. The quantitative estimate of drug-likeness (QED) is 0.483. The van der Waals surface area contributed by atoms with Gasteiger partial charge in [-0.3, -0.25) is 0 Å². The van der Waals surface area contributed by atoms with Gasteiger partial charge in [0.1, 0.15) is 11.9 Å². The average Bonchev–Trinajstić information content (AvgIpc) is 2.44. The molecule has 0 saturated heterocycles. The average molecular weight is 175 g/mol. The molecule has 1 aromatic rings. The summed E-state index contributed by atoms with van der Waals surface area (Å²) in [6, 6.07) is 5.46. The second kappa shape index (κ2) is 3.04. The minimum Gasteiger partial charge on any atom is -0.490 e. The number of rotatable bonds is 1. The lowest BCUT2D eigenvalue weighted by atomic mass is 10.1. The Hall–Kier alpha value is -1.60. The number of fused-ring (bicyclic) bond motifs is 1. The van der Waals surface area contributed by atoms with Gasteiger partial charge in [0.05, 0.1) is 5.69 Å². The van der Waals surface area contributed by atoms with Crippen LogP contribution < -0.4 is 4.74 Å². The highest BCUT2D eigenvalue weighted by Gasteiger charge is 2.18. The molecule has 0 aromatic heterocycles. The van der Waals surface area contributed by atoms with E-state index in [1.54, 1.807) is 6.07 Å². The van der Waals surface area contributed by atoms with Crippen LogP contribution in [-0.4, -0.2) is 12.2 Å². The lowest BCUT2D eigenvalue weighted by molar-refractivity contribution is 0.254. The zero-order valence-corrected chi connectivity index (χ0v) is 7.28. The first-order valence-electron chi connectivity index (χ1n) is 4.17. The molecule has 0 radical (unpaired) electrons. The van der Waals surface area contributed by atoms with E-state index < -0.39 is 0 Å². The molecule has 1 aliphatic heterocycles. The van der Waals surface area contributed by atoms with E-state index in [4.69, 9.17) is 4.74 Å². The normalized spacial score (nSPS) is 18.7. The van der Waals surface area contributed by atoms with Gasteiger partial charge in [-0.1, -0.05) is 0 Å². The van der Waals surface area contributed by atoms with Crippen LogP contribution in [0.1, 0.15) is 12.5 Å². The van der Waals surface area contributed by atoms with Gasteiger partial charge in [0.2, 0.25) is 6.08 Å². The van der Waals surface area contributed by atoms with Crippen molar-refractivity contribution in [2.45, 2.75) is 19.4 Å². The summed E-state index contributed by atoms with van der Waals surface area (Å²) >= 11 is 0. The zero-order valence-electron chi connectivity index (χ0n) is 7.28. The minimum atomic E-state index is 0.227. The first kappa shape index (κ1) is 8.02. The molecular weight excluding hydrogens is 166 g/mol. The van der Waals surface area contributed by atoms with Crippen LogP contribution in [-0.2, 0) is 11.2 Å². The Morgan fingerprint density at radius 1 is 1.62 bits per heavy atom. The molecule has 0 fully saturated rings. The van der Waals surface area contributed by atoms with Crippen molar-refractivity contribution in [3.05, 3.63) is 23.8 Å². The molecule has 1 atom stereocenters. The Morgan fingerprint density at radius 2 is 2.46 bits per heavy atom. The number of aliphatic imine (C=N–C) groups is 1. The number of hydrogen-bond acceptors (Lipinski definition) is 3. The summed E-state index contributed by atoms with van der Waals surface area (Å²) in [5.74, 6) is 0.900. The molecule has 66 valence electrons. The number of ether oxygens (including phenoxy) is 1. The largest absolute Gasteiger partial charge is 0.490 e. The molecule has 0 amide bonds. The van der Waals surface area contributed by atoms with Crippen LogP contribution in [0, 0.1) is 0 Å². The SMILES string of the molecule is CC1Cc2cc(N=C=O)ccc2O1. The third-order valence-electron chi connectivity index (χ3n) is 2.05. The molecule has 0 bridgehead atoms. The molecule has 13 heavy (non-hydrogen) atoms. The van der Waals surface area contributed by atoms with Crippen LogP contribution in [0.5, 0.6) is 5.75 Å². The maximum Gasteiger partial charge on any atom is 0.240 e. The van der Waals surface area contributed by atoms with Crippen molar-refractivity contribution in [1.29, 1.82) is 0 Å². The van der Waals surface area contributed by atoms with E-state index in [9.17, 15) is 4.79 Å². The van der Waals surface area contributed by atoms with Crippen LogP contribution >= 0.6 is 0 Å². The van der Waals surface area contributed by atoms with E-state index in [0.29, 0.717) is 5.69 Å². The summed E-state index contributed by atoms with van der Waals surface area (Å²) in [4.78, 5) is 13.6. The Labute approximate surface area is 76.1 Å². The minimum absolute atomic E-state index is 0.227. The fourth-order valence-corrected chi connectivity index (χ4v) is 1.53. The van der Waals surface area contributed by atoms with Gasteiger partial charge < -0.3 is 4.74 Å². The van der Waals surface area contributed by atoms with Gasteiger partial charge in [0, 0.05) is 6.42 Å². The Kier molecular flexibility index (Phi) is 1.87. The van der Waals surface area contributed by atoms with Gasteiger partial charge in [-0.15, -0.1) is 0 Å². The molecule has 0 spiro atoms. The third-order valence-corrected chi connectivity index (χ3v) is 2.05. The predicted molar refractivity (Wildman–Crippen MR) is 48.0 cm³/mol. The number of carbonyl (C=O) groups excluding carboxylic acids is 1. The van der Waals surface area contributed by atoms with Crippen LogP contribution in [0.4, 0.5) is 5.69 Å². The second-order valence-corrected chi connectivity index (χ2v) is 3.13. The molecule has 2 rings (SSSR count). The van der Waals surface area contributed by atoms with Crippen molar-refractivity contribution in [1.82, 2.24) is 0 Å². The standard InChI is InChI=1S/C10H9NO2/c1-7-4-8-5-9(11-6-12)2-3-10(8)13-7/h2-3,5,7H,4H2,1H3. The third kappa shape index (κ3) is 1.46. The lowest BCUT2D eigenvalue weighted by Crippen LogP contribution is -2.05. The molecule has 1 aliphatic rings. The van der Waals surface area contributed by atoms with Gasteiger partial charge in [0.25, 0.3) is 0 Å². The molecule has 0 N–H and O–H groups in total. The Bertz CT molecular complexity index is 381. The number of nitrogens with zero attached hydrogens (tertiary/aromatic N) is 1. The molecule has 1 heterocycles. The van der Waals surface area contributed by atoms with Gasteiger partial charge in [-0.2, -0.15) is 4.99 Å². The van der Waals surface area contributed by atoms with Crippen LogP contribution in [0.3, 0.4) is 0 Å². The molecule has 3 heteroatoms. The fourth-order valence-electron chi connectivity index (χ4n) is 1.53. The van der Waals surface area contributed by atoms with Crippen molar-refractivity contribution in [3.8, 4) is 5.75 Å². The number of benzene rings is 1. The number of isocyanates is 1. The van der Waals surface area contributed by atoms with Crippen LogP contribution in [0.15, 0.2) is 23.2 Å². The van der Waals surface area contributed by atoms with Crippen molar-refractivity contribution < 1.29 is 9.53 Å². The van der Waals surface area contributed by atoms with Crippen molar-refractivity contribution in [2.24, 2.45) is 4.99 Å². The van der Waals surface area contributed by atoms with Crippen molar-refractivity contribution in [3.63, 3.8) is 0 Å². The van der Waals surface area contributed by atoms with Crippen molar-refractivity contribution >= 4 is 11.8 Å². The number of hydrogen-bond donors (Lipinski definition) is 0. The molecule has 3 nitrogen and oxygen atoms in total. The topological polar surface area (TPSA) is 38.7 Å². The van der Waals surface area contributed by atoms with Crippen molar-refractivity contribution in [2.75, 3.05) is 0 Å². The molecule has 0 saturated carbocycles. The smallest absolute Gasteiger partial charge is 0.240 e. The van der Waals surface area contributed by atoms with Gasteiger partial charge in [0.15, 0.2) is 0 Å². The maximum absolute atomic E-state index is 10.0. The van der Waals surface area contributed by atoms with Crippen LogP contribution in [0.2, 0.25) is 0 Å². The Balaban J connectivity index is 2.39. The van der Waals surface area contributed by atoms with Gasteiger partial charge in [-0.05, 0) is 30.7 Å². The monoisotopic (exact) mass is 175 g/mol. The fraction of sp³-hybridized carbons (Fsp3) is 0.300. The highest BCUT2D eigenvalue weighted by molar-refractivity contribution is 5.54. The zero-order chi connectivity index (χ0) is 9.26. The summed E-state index contributed by atoms with van der Waals surface area (Å²) in [7, 11) is 0. The molecule has 1 unspecified atom stereocenters. The summed E-state index contributed by atoms with van der Waals surface area (Å²) in [5, 5.41) is 0. The van der Waals surface area contributed by atoms with Gasteiger partial charge in [-0.25, -0.2) is 4.79 Å². The first-order valence-corrected chi connectivity index (χ1v) is 4.17. The van der Waals surface area contributed by atoms with E-state index in [1.807, 2.05) is 19.1 Å². The van der Waals surface area contributed by atoms with Crippen LogP contribution in [0.25, 0.3) is 0 Å². The highest BCUT2D eigenvalue weighted by Crippen LogP contribution is 2.31. The van der Waals surface area contributed by atoms with E-state index in [1.165, 1.54) is 6.08 Å². The summed E-state index contributed by atoms with van der Waals surface area (Å²) in [6.07, 6.45) is 2.63. The molecular formula is C10H9NO2. The first-order chi connectivity index (χ1) is 6.29. The van der Waals surface area contributed by atoms with E-state index in [2.05, 4.69) is 4.99 Å². The summed E-state index contributed by atoms with van der Waals surface area (Å²) in [5.41, 5.74) is 1.76. The maximum atomic E-state index is 10.0. The Morgan fingerprint density at radius 3 is 3.23 bits per heavy atom. The van der Waals surface area contributed by atoms with E-state index in [0.717, 1.165) is 17.7 Å². The van der Waals surface area contributed by atoms with Gasteiger partial charge >= 0.3 is 0 Å². The van der Waals surface area contributed by atoms with E-state index >= 15 is 0 Å². The summed E-state index contributed by atoms with van der Waals surface area (Å²) < 4.78 is 5.50. The van der Waals surface area contributed by atoms with E-state index in [-0.39, 0.29) is 6.10 Å². The molecule has 0 aliphatic carbocycles. The highest BCUT2D eigenvalue weighted by atomic mass is 16.5.